The lowest BCUT2D eigenvalue weighted by Crippen LogP contribution is -2.24. The molecule has 0 amide bonds. The normalized spacial score (nSPS) is 15.2. The van der Waals surface area contributed by atoms with E-state index in [0.717, 1.165) is 5.75 Å². The molecule has 1 atom stereocenters. The summed E-state index contributed by atoms with van der Waals surface area (Å²) in [5.41, 5.74) is -0.796. The monoisotopic (exact) mass is 158 g/mol. The van der Waals surface area contributed by atoms with Gasteiger partial charge < -0.3 is 5.11 Å². The van der Waals surface area contributed by atoms with Gasteiger partial charge in [-0.05, 0) is 19.6 Å². The highest BCUT2D eigenvalue weighted by Gasteiger charge is 2.15. The topological polar surface area (TPSA) is 20.2 Å². The third-order valence-corrected chi connectivity index (χ3v) is 2.16. The fourth-order valence-electron chi connectivity index (χ4n) is 0.606. The van der Waals surface area contributed by atoms with Gasteiger partial charge in [0, 0.05) is 5.75 Å². The highest BCUT2D eigenvalue weighted by atomic mass is 32.2. The minimum Gasteiger partial charge on any atom is -0.377 e. The molecule has 0 fully saturated rings. The predicted octanol–water partition coefficient (Wildman–Crippen LogP) is 1.51. The molecule has 0 spiro atoms. The smallest absolute Gasteiger partial charge is 0.131 e. The van der Waals surface area contributed by atoms with E-state index in [4.69, 9.17) is 0 Å². The van der Waals surface area contributed by atoms with Gasteiger partial charge in [-0.15, -0.1) is 5.92 Å². The van der Waals surface area contributed by atoms with Gasteiger partial charge >= 0.3 is 0 Å². The van der Waals surface area contributed by atoms with E-state index >= 15 is 0 Å². The molecule has 0 aliphatic rings. The lowest BCUT2D eigenvalue weighted by atomic mass is 10.1. The van der Waals surface area contributed by atoms with Crippen molar-refractivity contribution in [3.8, 4) is 11.8 Å². The second-order valence-electron chi connectivity index (χ2n) is 2.29. The number of hydrogen-bond donors (Lipinski definition) is 1. The summed E-state index contributed by atoms with van der Waals surface area (Å²) in [4.78, 5) is 0. The van der Waals surface area contributed by atoms with E-state index in [2.05, 4.69) is 18.8 Å². The molecular weight excluding hydrogens is 144 g/mol. The first-order chi connectivity index (χ1) is 4.62. The van der Waals surface area contributed by atoms with Gasteiger partial charge in [-0.25, -0.2) is 0 Å². The molecule has 0 bridgehead atoms. The zero-order valence-electron chi connectivity index (χ0n) is 6.77. The summed E-state index contributed by atoms with van der Waals surface area (Å²) >= 11 is 1.70. The lowest BCUT2D eigenvalue weighted by molar-refractivity contribution is 0.148. The third kappa shape index (κ3) is 4.72. The van der Waals surface area contributed by atoms with E-state index in [1.54, 1.807) is 25.6 Å². The molecule has 58 valence electrons. The molecule has 1 nitrogen and oxygen atoms in total. The average Bonchev–Trinajstić information content (AvgIpc) is 1.84. The minimum atomic E-state index is -0.796. The molecule has 0 aromatic rings. The first-order valence-electron chi connectivity index (χ1n) is 3.36. The molecule has 1 N–H and O–H groups in total. The fourth-order valence-corrected chi connectivity index (χ4v) is 1.28. The van der Waals surface area contributed by atoms with E-state index in [9.17, 15) is 5.11 Å². The maximum Gasteiger partial charge on any atom is 0.131 e. The van der Waals surface area contributed by atoms with Crippen LogP contribution in [-0.2, 0) is 0 Å². The van der Waals surface area contributed by atoms with Gasteiger partial charge in [0.1, 0.15) is 5.60 Å². The molecule has 0 saturated heterocycles. The van der Waals surface area contributed by atoms with Gasteiger partial charge in [0.25, 0.3) is 0 Å². The van der Waals surface area contributed by atoms with Crippen molar-refractivity contribution in [2.45, 2.75) is 26.4 Å². The second kappa shape index (κ2) is 4.65. The lowest BCUT2D eigenvalue weighted by Gasteiger charge is -2.14. The average molecular weight is 158 g/mol. The molecule has 0 aromatic heterocycles. The van der Waals surface area contributed by atoms with Crippen LogP contribution in [0.25, 0.3) is 0 Å². The quantitative estimate of drug-likeness (QED) is 0.628. The SMILES string of the molecule is CC#CC(C)(O)CSCC. The Morgan fingerprint density at radius 3 is 2.60 bits per heavy atom. The van der Waals surface area contributed by atoms with Gasteiger partial charge in [-0.3, -0.25) is 0 Å². The Balaban J connectivity index is 3.71. The molecule has 0 rings (SSSR count). The highest BCUT2D eigenvalue weighted by molar-refractivity contribution is 7.99. The van der Waals surface area contributed by atoms with Gasteiger partial charge in [0.15, 0.2) is 0 Å². The van der Waals surface area contributed by atoms with Crippen LogP contribution in [-0.4, -0.2) is 22.2 Å². The molecule has 0 aromatic carbocycles. The van der Waals surface area contributed by atoms with Crippen LogP contribution in [0.5, 0.6) is 0 Å². The van der Waals surface area contributed by atoms with Crippen LogP contribution in [0.2, 0.25) is 0 Å². The number of hydrogen-bond acceptors (Lipinski definition) is 2. The molecule has 1 unspecified atom stereocenters. The molecule has 2 heteroatoms. The van der Waals surface area contributed by atoms with E-state index < -0.39 is 5.60 Å². The van der Waals surface area contributed by atoms with Crippen LogP contribution >= 0.6 is 11.8 Å². The summed E-state index contributed by atoms with van der Waals surface area (Å²) in [5, 5.41) is 9.45. The minimum absolute atomic E-state index is 0.699. The standard InChI is InChI=1S/C8H14OS/c1-4-6-8(3,9)7-10-5-2/h9H,5,7H2,1-3H3. The zero-order chi connectivity index (χ0) is 8.04. The molecule has 0 heterocycles. The molecular formula is C8H14OS. The van der Waals surface area contributed by atoms with Crippen molar-refractivity contribution in [3.63, 3.8) is 0 Å². The van der Waals surface area contributed by atoms with Crippen molar-refractivity contribution in [1.29, 1.82) is 0 Å². The zero-order valence-corrected chi connectivity index (χ0v) is 7.59. The van der Waals surface area contributed by atoms with Crippen molar-refractivity contribution in [2.24, 2.45) is 0 Å². The second-order valence-corrected chi connectivity index (χ2v) is 3.56. The van der Waals surface area contributed by atoms with E-state index in [-0.39, 0.29) is 0 Å². The third-order valence-electron chi connectivity index (χ3n) is 0.982. The highest BCUT2D eigenvalue weighted by Crippen LogP contribution is 2.10. The van der Waals surface area contributed by atoms with Crippen molar-refractivity contribution in [1.82, 2.24) is 0 Å². The van der Waals surface area contributed by atoms with Gasteiger partial charge in [-0.1, -0.05) is 12.8 Å². The summed E-state index contributed by atoms with van der Waals surface area (Å²) < 4.78 is 0. The number of aliphatic hydroxyl groups is 1. The molecule has 10 heavy (non-hydrogen) atoms. The Bertz CT molecular complexity index is 141. The Labute approximate surface area is 67.2 Å². The molecule has 0 aliphatic carbocycles. The Morgan fingerprint density at radius 1 is 1.60 bits per heavy atom. The number of rotatable bonds is 3. The fraction of sp³-hybridized carbons (Fsp3) is 0.750. The first-order valence-corrected chi connectivity index (χ1v) is 4.52. The Kier molecular flexibility index (Phi) is 4.59. The van der Waals surface area contributed by atoms with Crippen LogP contribution in [0.15, 0.2) is 0 Å². The summed E-state index contributed by atoms with van der Waals surface area (Å²) in [6.45, 7) is 5.55. The van der Waals surface area contributed by atoms with Gasteiger partial charge in [0.05, 0.1) is 0 Å². The van der Waals surface area contributed by atoms with Crippen LogP contribution in [0.3, 0.4) is 0 Å². The van der Waals surface area contributed by atoms with E-state index in [0.29, 0.717) is 5.75 Å². The van der Waals surface area contributed by atoms with E-state index in [1.807, 2.05) is 0 Å². The van der Waals surface area contributed by atoms with Crippen LogP contribution in [0, 0.1) is 11.8 Å². The number of thioether (sulfide) groups is 1. The van der Waals surface area contributed by atoms with Crippen LogP contribution < -0.4 is 0 Å². The van der Waals surface area contributed by atoms with Gasteiger partial charge in [0.2, 0.25) is 0 Å². The largest absolute Gasteiger partial charge is 0.377 e. The molecule has 0 aliphatic heterocycles. The van der Waals surface area contributed by atoms with Gasteiger partial charge in [-0.2, -0.15) is 11.8 Å². The van der Waals surface area contributed by atoms with Crippen LogP contribution in [0.4, 0.5) is 0 Å². The maximum atomic E-state index is 9.45. The molecule has 0 saturated carbocycles. The Morgan fingerprint density at radius 2 is 2.20 bits per heavy atom. The summed E-state index contributed by atoms with van der Waals surface area (Å²) in [7, 11) is 0. The summed E-state index contributed by atoms with van der Waals surface area (Å²) in [6, 6.07) is 0. The first kappa shape index (κ1) is 9.87. The van der Waals surface area contributed by atoms with Crippen molar-refractivity contribution < 1.29 is 5.11 Å². The van der Waals surface area contributed by atoms with Crippen LogP contribution in [0.1, 0.15) is 20.8 Å². The van der Waals surface area contributed by atoms with Crippen molar-refractivity contribution >= 4 is 11.8 Å². The van der Waals surface area contributed by atoms with Crippen molar-refractivity contribution in [2.75, 3.05) is 11.5 Å². The Hall–Kier alpha value is -0.130. The van der Waals surface area contributed by atoms with E-state index in [1.165, 1.54) is 0 Å². The predicted molar refractivity (Wildman–Crippen MR) is 47.1 cm³/mol. The maximum absolute atomic E-state index is 9.45. The summed E-state index contributed by atoms with van der Waals surface area (Å²) in [5.74, 6) is 7.17. The summed E-state index contributed by atoms with van der Waals surface area (Å²) in [6.07, 6.45) is 0. The van der Waals surface area contributed by atoms with Crippen molar-refractivity contribution in [3.05, 3.63) is 0 Å². The molecule has 0 radical (unpaired) electrons.